The predicted molar refractivity (Wildman–Crippen MR) is 145 cm³/mol. The average molecular weight is 541 g/mol. The van der Waals surface area contributed by atoms with E-state index in [1.54, 1.807) is 73.6 Å². The van der Waals surface area contributed by atoms with Crippen molar-refractivity contribution >= 4 is 23.2 Å². The third-order valence-electron chi connectivity index (χ3n) is 5.63. The molecule has 0 spiro atoms. The summed E-state index contributed by atoms with van der Waals surface area (Å²) in [6, 6.07) is 12.8. The highest BCUT2D eigenvalue weighted by Gasteiger charge is 2.16. The van der Waals surface area contributed by atoms with Crippen molar-refractivity contribution in [3.63, 3.8) is 0 Å². The van der Waals surface area contributed by atoms with Gasteiger partial charge < -0.3 is 15.4 Å². The van der Waals surface area contributed by atoms with E-state index in [4.69, 9.17) is 4.74 Å². The van der Waals surface area contributed by atoms with Crippen molar-refractivity contribution in [1.82, 2.24) is 29.7 Å². The summed E-state index contributed by atoms with van der Waals surface area (Å²) >= 11 is 0. The highest BCUT2D eigenvalue weighted by atomic mass is 19.1. The number of hydrogen-bond acceptors (Lipinski definition) is 8. The van der Waals surface area contributed by atoms with Gasteiger partial charge in [-0.05, 0) is 42.8 Å². The van der Waals surface area contributed by atoms with Crippen LogP contribution in [0.2, 0.25) is 0 Å². The van der Waals surface area contributed by atoms with Crippen LogP contribution in [0.25, 0.3) is 22.4 Å². The minimum absolute atomic E-state index is 0.0324. The average Bonchev–Trinajstić information content (AvgIpc) is 3.34. The molecule has 10 nitrogen and oxygen atoms in total. The van der Waals surface area contributed by atoms with Crippen LogP contribution in [0.4, 0.5) is 26.1 Å². The molecule has 2 N–H and O–H groups in total. The first kappa shape index (κ1) is 26.1. The molecular weight excluding hydrogens is 518 g/mol. The fourth-order valence-corrected chi connectivity index (χ4v) is 3.72. The summed E-state index contributed by atoms with van der Waals surface area (Å²) in [6.45, 7) is 4.77. The first-order chi connectivity index (χ1) is 19.2. The number of aryl methyl sites for hydroxylation is 2. The van der Waals surface area contributed by atoms with Gasteiger partial charge in [-0.1, -0.05) is 24.8 Å². The summed E-state index contributed by atoms with van der Waals surface area (Å²) < 4.78 is 35.4. The van der Waals surface area contributed by atoms with E-state index in [9.17, 15) is 9.18 Å². The summed E-state index contributed by atoms with van der Waals surface area (Å²) in [5.74, 6) is -2.42. The third-order valence-corrected chi connectivity index (χ3v) is 5.63. The standard InChI is InChI=1S/C28H22F2N8O2/c1-16-10-11-31-28(34-16)40-24-9-6-19(12-23(24)30)22-14-32-27(36-21-13-33-38(3)15-21)37-25(22)18-4-7-20(8-5-18)35-26(39)17(2)29/h4-15H,2H2,1,3H3,(H,35,39)(H,32,36,37). The van der Waals surface area contributed by atoms with E-state index in [1.807, 2.05) is 0 Å². The first-order valence-corrected chi connectivity index (χ1v) is 11.9. The molecule has 0 fully saturated rings. The van der Waals surface area contributed by atoms with Crippen LogP contribution < -0.4 is 15.4 Å². The lowest BCUT2D eigenvalue weighted by Crippen LogP contribution is -2.10. The maximum atomic E-state index is 15.1. The summed E-state index contributed by atoms with van der Waals surface area (Å²) in [5, 5.41) is 9.63. The molecule has 0 saturated heterocycles. The molecule has 200 valence electrons. The van der Waals surface area contributed by atoms with Gasteiger partial charge in [0.05, 0.1) is 17.6 Å². The molecule has 3 aromatic heterocycles. The Labute approximate surface area is 227 Å². The predicted octanol–water partition coefficient (Wildman–Crippen LogP) is 5.74. The monoisotopic (exact) mass is 540 g/mol. The molecule has 0 radical (unpaired) electrons. The van der Waals surface area contributed by atoms with Crippen molar-refractivity contribution in [2.45, 2.75) is 6.92 Å². The second-order valence-corrected chi connectivity index (χ2v) is 8.65. The summed E-state index contributed by atoms with van der Waals surface area (Å²) in [6.07, 6.45) is 6.49. The number of carbonyl (C=O) groups is 1. The van der Waals surface area contributed by atoms with E-state index < -0.39 is 17.6 Å². The normalized spacial score (nSPS) is 10.7. The van der Waals surface area contributed by atoms with E-state index in [0.29, 0.717) is 39.5 Å². The molecule has 3 heterocycles. The van der Waals surface area contributed by atoms with Crippen LogP contribution >= 0.6 is 0 Å². The quantitative estimate of drug-likeness (QED) is 0.239. The van der Waals surface area contributed by atoms with Gasteiger partial charge in [0.15, 0.2) is 17.4 Å². The van der Waals surface area contributed by atoms with E-state index in [1.165, 1.54) is 18.3 Å². The van der Waals surface area contributed by atoms with Crippen molar-refractivity contribution in [3.05, 3.63) is 97.2 Å². The molecular formula is C28H22F2N8O2. The third kappa shape index (κ3) is 5.96. The van der Waals surface area contributed by atoms with Crippen molar-refractivity contribution in [1.29, 1.82) is 0 Å². The minimum atomic E-state index is -1.10. The Morgan fingerprint density at radius 2 is 1.77 bits per heavy atom. The van der Waals surface area contributed by atoms with Crippen LogP contribution in [0.15, 0.2) is 85.7 Å². The summed E-state index contributed by atoms with van der Waals surface area (Å²) in [4.78, 5) is 28.9. The van der Waals surface area contributed by atoms with Crippen molar-refractivity contribution < 1.29 is 18.3 Å². The van der Waals surface area contributed by atoms with Crippen molar-refractivity contribution in [3.8, 4) is 34.1 Å². The van der Waals surface area contributed by atoms with Gasteiger partial charge in [-0.15, -0.1) is 0 Å². The van der Waals surface area contributed by atoms with Gasteiger partial charge in [0.25, 0.3) is 5.91 Å². The number of nitrogens with one attached hydrogen (secondary N) is 2. The maximum absolute atomic E-state index is 15.1. The highest BCUT2D eigenvalue weighted by molar-refractivity contribution is 6.01. The fraction of sp³-hybridized carbons (Fsp3) is 0.0714. The van der Waals surface area contributed by atoms with Gasteiger partial charge in [-0.2, -0.15) is 5.10 Å². The Hall–Kier alpha value is -5.52. The number of hydrogen-bond donors (Lipinski definition) is 2. The first-order valence-electron chi connectivity index (χ1n) is 11.9. The molecule has 2 aromatic carbocycles. The van der Waals surface area contributed by atoms with E-state index >= 15 is 4.39 Å². The second kappa shape index (κ2) is 11.1. The lowest BCUT2D eigenvalue weighted by molar-refractivity contribution is -0.114. The number of nitrogens with zero attached hydrogens (tertiary/aromatic N) is 6. The fourth-order valence-electron chi connectivity index (χ4n) is 3.72. The van der Waals surface area contributed by atoms with E-state index in [2.05, 4.69) is 42.2 Å². The van der Waals surface area contributed by atoms with Gasteiger partial charge in [0.1, 0.15) is 0 Å². The van der Waals surface area contributed by atoms with Gasteiger partial charge in [-0.25, -0.2) is 28.7 Å². The lowest BCUT2D eigenvalue weighted by Gasteiger charge is -2.13. The number of benzene rings is 2. The zero-order valence-corrected chi connectivity index (χ0v) is 21.4. The highest BCUT2D eigenvalue weighted by Crippen LogP contribution is 2.34. The summed E-state index contributed by atoms with van der Waals surface area (Å²) in [7, 11) is 1.78. The molecule has 1 amide bonds. The zero-order chi connectivity index (χ0) is 28.2. The molecule has 12 heteroatoms. The number of anilines is 3. The number of halogens is 2. The Morgan fingerprint density at radius 3 is 2.45 bits per heavy atom. The molecule has 0 aliphatic heterocycles. The number of aromatic nitrogens is 6. The molecule has 0 bridgehead atoms. The van der Waals surface area contributed by atoms with Gasteiger partial charge >= 0.3 is 6.01 Å². The van der Waals surface area contributed by atoms with Crippen molar-refractivity contribution in [2.75, 3.05) is 10.6 Å². The van der Waals surface area contributed by atoms with Crippen LogP contribution in [0.3, 0.4) is 0 Å². The van der Waals surface area contributed by atoms with Crippen molar-refractivity contribution in [2.24, 2.45) is 7.05 Å². The summed E-state index contributed by atoms with van der Waals surface area (Å²) in [5.41, 5.74) is 3.86. The number of rotatable bonds is 8. The molecule has 5 aromatic rings. The minimum Gasteiger partial charge on any atom is -0.421 e. The Balaban J connectivity index is 1.50. The molecule has 0 aliphatic rings. The van der Waals surface area contributed by atoms with Crippen LogP contribution in [-0.4, -0.2) is 35.6 Å². The topological polar surface area (TPSA) is 120 Å². The molecule has 5 rings (SSSR count). The second-order valence-electron chi connectivity index (χ2n) is 8.65. The Morgan fingerprint density at radius 1 is 1.00 bits per heavy atom. The maximum Gasteiger partial charge on any atom is 0.322 e. The smallest absolute Gasteiger partial charge is 0.322 e. The number of amides is 1. The van der Waals surface area contributed by atoms with Crippen LogP contribution in [0.1, 0.15) is 5.69 Å². The van der Waals surface area contributed by atoms with Crippen LogP contribution in [0.5, 0.6) is 11.8 Å². The van der Waals surface area contributed by atoms with Crippen LogP contribution in [0, 0.1) is 12.7 Å². The lowest BCUT2D eigenvalue weighted by atomic mass is 10.0. The van der Waals surface area contributed by atoms with E-state index in [0.717, 1.165) is 0 Å². The molecule has 0 saturated carbocycles. The Bertz CT molecular complexity index is 1720. The van der Waals surface area contributed by atoms with Gasteiger partial charge in [0, 0.05) is 48.1 Å². The van der Waals surface area contributed by atoms with Gasteiger partial charge in [-0.3, -0.25) is 9.48 Å². The number of ether oxygens (including phenoxy) is 1. The largest absolute Gasteiger partial charge is 0.421 e. The Kier molecular flexibility index (Phi) is 7.22. The number of carbonyl (C=O) groups excluding carboxylic acids is 1. The molecule has 0 unspecified atom stereocenters. The molecule has 40 heavy (non-hydrogen) atoms. The van der Waals surface area contributed by atoms with Crippen LogP contribution in [-0.2, 0) is 11.8 Å². The van der Waals surface area contributed by atoms with Gasteiger partial charge in [0.2, 0.25) is 5.95 Å². The SMILES string of the molecule is C=C(F)C(=O)Nc1ccc(-c2nc(Nc3cnn(C)c3)ncc2-c2ccc(Oc3nccc(C)n3)c(F)c2)cc1. The molecule has 0 aliphatic carbocycles. The van der Waals surface area contributed by atoms with E-state index in [-0.39, 0.29) is 17.7 Å². The zero-order valence-electron chi connectivity index (χ0n) is 21.4. The molecule has 0 atom stereocenters.